The van der Waals surface area contributed by atoms with Crippen molar-refractivity contribution in [2.75, 3.05) is 18.4 Å². The number of nitrogens with one attached hydrogen (secondary N) is 2. The number of amides is 4. The molecule has 2 heterocycles. The van der Waals surface area contributed by atoms with E-state index in [1.807, 2.05) is 13.8 Å². The molecule has 0 saturated carbocycles. The summed E-state index contributed by atoms with van der Waals surface area (Å²) in [5, 5.41) is 5.39. The summed E-state index contributed by atoms with van der Waals surface area (Å²) in [6.07, 6.45) is 0. The second-order valence-electron chi connectivity index (χ2n) is 3.85. The Hall–Kier alpha value is -1.96. The lowest BCUT2D eigenvalue weighted by molar-refractivity contribution is -0.128. The van der Waals surface area contributed by atoms with Gasteiger partial charge in [-0.1, -0.05) is 0 Å². The first-order chi connectivity index (χ1) is 8.47. The number of hydrogen-bond acceptors (Lipinski definition) is 5. The van der Waals surface area contributed by atoms with Crippen molar-refractivity contribution in [1.29, 1.82) is 0 Å². The van der Waals surface area contributed by atoms with Crippen molar-refractivity contribution in [3.05, 3.63) is 10.6 Å². The molecule has 1 aromatic heterocycles. The van der Waals surface area contributed by atoms with Crippen molar-refractivity contribution >= 4 is 34.3 Å². The number of aromatic nitrogens is 1. The molecule has 4 amide bonds. The van der Waals surface area contributed by atoms with Crippen LogP contribution in [0.15, 0.2) is 0 Å². The van der Waals surface area contributed by atoms with Gasteiger partial charge in [0.25, 0.3) is 5.91 Å². The maximum atomic E-state index is 11.7. The molecular weight excluding hydrogens is 256 g/mol. The second kappa shape index (κ2) is 4.73. The number of carbonyl (C=O) groups excluding carboxylic acids is 3. The first kappa shape index (κ1) is 12.5. The van der Waals surface area contributed by atoms with Gasteiger partial charge in [-0.3, -0.25) is 14.5 Å². The van der Waals surface area contributed by atoms with Gasteiger partial charge < -0.3 is 10.6 Å². The molecular formula is C10H12N4O3S. The topological polar surface area (TPSA) is 91.4 Å². The summed E-state index contributed by atoms with van der Waals surface area (Å²) < 4.78 is 0. The van der Waals surface area contributed by atoms with E-state index < -0.39 is 17.8 Å². The first-order valence-electron chi connectivity index (χ1n) is 5.29. The molecule has 1 aliphatic heterocycles. The van der Waals surface area contributed by atoms with Crippen molar-refractivity contribution < 1.29 is 14.4 Å². The van der Waals surface area contributed by atoms with Crippen molar-refractivity contribution in [3.8, 4) is 0 Å². The molecule has 1 aromatic rings. The number of carbonyl (C=O) groups is 3. The molecule has 2 N–H and O–H groups in total. The molecule has 0 spiro atoms. The normalized spacial score (nSPS) is 14.9. The second-order valence-corrected chi connectivity index (χ2v) is 5.05. The molecule has 1 aliphatic rings. The van der Waals surface area contributed by atoms with Crippen LogP contribution >= 0.6 is 11.3 Å². The third-order valence-corrected chi connectivity index (χ3v) is 3.50. The minimum absolute atomic E-state index is 0.0540. The molecule has 0 radical (unpaired) electrons. The lowest BCUT2D eigenvalue weighted by atomic mass is 10.4. The molecule has 0 aromatic carbocycles. The van der Waals surface area contributed by atoms with Gasteiger partial charge in [-0.25, -0.2) is 9.78 Å². The standard InChI is InChI=1S/C10H12N4O3S/c1-5-6(2)18-9(12-5)13-7(15)4-14-8(16)3-11-10(14)17/h3-4H2,1-2H3,(H,11,17)(H,12,13,15). The zero-order valence-electron chi connectivity index (χ0n) is 9.94. The molecule has 96 valence electrons. The van der Waals surface area contributed by atoms with Crippen LogP contribution in [-0.2, 0) is 9.59 Å². The summed E-state index contributed by atoms with van der Waals surface area (Å²) in [4.78, 5) is 40.2. The van der Waals surface area contributed by atoms with Gasteiger partial charge in [0.15, 0.2) is 5.13 Å². The molecule has 0 atom stereocenters. The summed E-state index contributed by atoms with van der Waals surface area (Å²) in [5.74, 6) is -0.837. The minimum atomic E-state index is -0.540. The number of hydrogen-bond donors (Lipinski definition) is 2. The van der Waals surface area contributed by atoms with Gasteiger partial charge in [-0.05, 0) is 13.8 Å². The fraction of sp³-hybridized carbons (Fsp3) is 0.400. The maximum absolute atomic E-state index is 11.7. The number of imide groups is 1. The summed E-state index contributed by atoms with van der Waals surface area (Å²) in [7, 11) is 0. The molecule has 0 bridgehead atoms. The van der Waals surface area contributed by atoms with E-state index in [2.05, 4.69) is 15.6 Å². The number of urea groups is 1. The third-order valence-electron chi connectivity index (χ3n) is 2.51. The quantitative estimate of drug-likeness (QED) is 0.769. The highest BCUT2D eigenvalue weighted by Gasteiger charge is 2.30. The maximum Gasteiger partial charge on any atom is 0.325 e. The van der Waals surface area contributed by atoms with Crippen molar-refractivity contribution in [2.45, 2.75) is 13.8 Å². The monoisotopic (exact) mass is 268 g/mol. The average Bonchev–Trinajstić information content (AvgIpc) is 2.76. The molecule has 1 fully saturated rings. The average molecular weight is 268 g/mol. The summed E-state index contributed by atoms with van der Waals surface area (Å²) in [5.41, 5.74) is 0.852. The van der Waals surface area contributed by atoms with Gasteiger partial charge in [-0.15, -0.1) is 11.3 Å². The molecule has 0 aliphatic carbocycles. The third kappa shape index (κ3) is 2.48. The fourth-order valence-corrected chi connectivity index (χ4v) is 2.27. The zero-order valence-corrected chi connectivity index (χ0v) is 10.8. The number of rotatable bonds is 3. The van der Waals surface area contributed by atoms with Crippen LogP contribution in [0.5, 0.6) is 0 Å². The molecule has 0 unspecified atom stereocenters. The van der Waals surface area contributed by atoms with Gasteiger partial charge in [0.2, 0.25) is 5.91 Å². The SMILES string of the molecule is Cc1nc(NC(=O)CN2C(=O)CNC2=O)sc1C. The van der Waals surface area contributed by atoms with Crippen LogP contribution in [0.2, 0.25) is 0 Å². The van der Waals surface area contributed by atoms with Crippen LogP contribution in [0.3, 0.4) is 0 Å². The van der Waals surface area contributed by atoms with Crippen LogP contribution in [0, 0.1) is 13.8 Å². The highest BCUT2D eigenvalue weighted by atomic mass is 32.1. The van der Waals surface area contributed by atoms with Crippen LogP contribution in [0.1, 0.15) is 10.6 Å². The lowest BCUT2D eigenvalue weighted by Gasteiger charge is -2.10. The van der Waals surface area contributed by atoms with Gasteiger partial charge in [0.05, 0.1) is 12.2 Å². The van der Waals surface area contributed by atoms with Crippen LogP contribution < -0.4 is 10.6 Å². The van der Waals surface area contributed by atoms with E-state index in [9.17, 15) is 14.4 Å². The fourth-order valence-electron chi connectivity index (χ4n) is 1.44. The van der Waals surface area contributed by atoms with E-state index in [1.54, 1.807) is 0 Å². The zero-order chi connectivity index (χ0) is 13.3. The number of aryl methyl sites for hydroxylation is 2. The smallest absolute Gasteiger partial charge is 0.325 e. The van der Waals surface area contributed by atoms with E-state index in [4.69, 9.17) is 0 Å². The molecule has 8 heteroatoms. The van der Waals surface area contributed by atoms with E-state index in [0.29, 0.717) is 5.13 Å². The van der Waals surface area contributed by atoms with E-state index in [-0.39, 0.29) is 13.1 Å². The molecule has 18 heavy (non-hydrogen) atoms. The van der Waals surface area contributed by atoms with Gasteiger partial charge in [-0.2, -0.15) is 0 Å². The number of nitrogens with zero attached hydrogens (tertiary/aromatic N) is 2. The van der Waals surface area contributed by atoms with E-state index in [0.717, 1.165) is 15.5 Å². The van der Waals surface area contributed by atoms with E-state index in [1.165, 1.54) is 11.3 Å². The molecule has 2 rings (SSSR count). The number of thiazole rings is 1. The Balaban J connectivity index is 1.96. The number of anilines is 1. The van der Waals surface area contributed by atoms with Crippen LogP contribution in [0.25, 0.3) is 0 Å². The summed E-state index contributed by atoms with van der Waals surface area (Å²) in [6, 6.07) is -0.540. The highest BCUT2D eigenvalue weighted by molar-refractivity contribution is 7.15. The highest BCUT2D eigenvalue weighted by Crippen LogP contribution is 2.20. The summed E-state index contributed by atoms with van der Waals surface area (Å²) in [6.45, 7) is 3.41. The predicted octanol–water partition coefficient (Wildman–Crippen LogP) is 0.250. The van der Waals surface area contributed by atoms with Crippen LogP contribution in [-0.4, -0.2) is 40.8 Å². The largest absolute Gasteiger partial charge is 0.329 e. The lowest BCUT2D eigenvalue weighted by Crippen LogP contribution is -2.38. The predicted molar refractivity (Wildman–Crippen MR) is 65.3 cm³/mol. The Labute approximate surface area is 107 Å². The first-order valence-corrected chi connectivity index (χ1v) is 6.11. The minimum Gasteiger partial charge on any atom is -0.329 e. The van der Waals surface area contributed by atoms with Crippen molar-refractivity contribution in [3.63, 3.8) is 0 Å². The van der Waals surface area contributed by atoms with Gasteiger partial charge in [0, 0.05) is 4.88 Å². The Morgan fingerprint density at radius 2 is 2.22 bits per heavy atom. The van der Waals surface area contributed by atoms with E-state index >= 15 is 0 Å². The van der Waals surface area contributed by atoms with Gasteiger partial charge >= 0.3 is 6.03 Å². The van der Waals surface area contributed by atoms with Crippen molar-refractivity contribution in [1.82, 2.24) is 15.2 Å². The Morgan fingerprint density at radius 1 is 1.50 bits per heavy atom. The van der Waals surface area contributed by atoms with Crippen LogP contribution in [0.4, 0.5) is 9.93 Å². The molecule has 7 nitrogen and oxygen atoms in total. The Bertz CT molecular complexity index is 490. The van der Waals surface area contributed by atoms with Crippen molar-refractivity contribution in [2.24, 2.45) is 0 Å². The summed E-state index contributed by atoms with van der Waals surface area (Å²) >= 11 is 1.36. The Kier molecular flexibility index (Phi) is 3.28. The Morgan fingerprint density at radius 3 is 2.72 bits per heavy atom. The molecule has 1 saturated heterocycles. The van der Waals surface area contributed by atoms with Gasteiger partial charge in [0.1, 0.15) is 6.54 Å².